The van der Waals surface area contributed by atoms with Crippen LogP contribution in [-0.4, -0.2) is 103 Å². The number of hydrogen-bond acceptors (Lipinski definition) is 10. The fourth-order valence-corrected chi connectivity index (χ4v) is 8.92. The van der Waals surface area contributed by atoms with Crippen molar-refractivity contribution in [2.45, 2.75) is 147 Å². The molecule has 13 N–H and O–H groups in total. The van der Waals surface area contributed by atoms with Crippen molar-refractivity contribution in [3.63, 3.8) is 0 Å². The van der Waals surface area contributed by atoms with E-state index in [0.717, 1.165) is 101 Å². The standard InChI is InChI=1S/C14H25N.C9H20N2.C9H19NO.C6H14N2.C5H14N2O/c15-4-2-1-3-14-12-6-10-5-11(8-12)9-13(14)7-10;1-2-3-4-5-8-11-9-6-7-10;10-7-3-1-2-5-9-6-4-8-11-9;1-7-6-2-4-8-5-3-6;6-2-1-3-7-4-5-8/h10-14H,1-9,15H2;4-5,11H,2-3,6-10H2,1H3;9H,1-8,10H2;6-8H,2-5H2,1H3;7-8H,1-6H2/b;5-4-;;;. The zero-order valence-electron chi connectivity index (χ0n) is 35.0. The summed E-state index contributed by atoms with van der Waals surface area (Å²) in [6.07, 6.45) is 31.6. The van der Waals surface area contributed by atoms with Gasteiger partial charge in [-0.2, -0.15) is 0 Å². The molecule has 0 aromatic carbocycles. The van der Waals surface area contributed by atoms with Gasteiger partial charge >= 0.3 is 0 Å². The molecule has 4 saturated carbocycles. The lowest BCUT2D eigenvalue weighted by molar-refractivity contribution is -0.0403. The SMILES string of the molecule is CCC/C=C\CNCCCN.CNC1CCNCC1.NCCCCC1C2CC3CC(C2)CC1C3.NCCCCCC1CCCO1.NCCCNCCO. The predicted molar refractivity (Wildman–Crippen MR) is 229 cm³/mol. The Kier molecular flexibility index (Phi) is 35.1. The molecule has 0 aromatic rings. The van der Waals surface area contributed by atoms with E-state index in [1.165, 1.54) is 96.6 Å². The number of ether oxygens (including phenoxy) is 1. The molecule has 10 nitrogen and oxygen atoms in total. The van der Waals surface area contributed by atoms with E-state index in [0.29, 0.717) is 12.6 Å². The maximum Gasteiger partial charge on any atom is 0.0576 e. The van der Waals surface area contributed by atoms with Crippen molar-refractivity contribution in [3.8, 4) is 0 Å². The Morgan fingerprint density at radius 1 is 0.698 bits per heavy atom. The van der Waals surface area contributed by atoms with Crippen LogP contribution in [0.25, 0.3) is 0 Å². The van der Waals surface area contributed by atoms with E-state index in [1.807, 2.05) is 7.05 Å². The molecule has 0 spiro atoms. The second-order valence-corrected chi connectivity index (χ2v) is 16.2. The molecule has 2 aliphatic heterocycles. The zero-order chi connectivity index (χ0) is 38.6. The van der Waals surface area contributed by atoms with Crippen LogP contribution < -0.4 is 44.2 Å². The molecule has 6 fully saturated rings. The number of unbranched alkanes of at least 4 members (excludes halogenated alkanes) is 4. The third kappa shape index (κ3) is 26.8. The highest BCUT2D eigenvalue weighted by Gasteiger charge is 2.47. The van der Waals surface area contributed by atoms with E-state index in [9.17, 15) is 0 Å². The van der Waals surface area contributed by atoms with Gasteiger partial charge in [-0.3, -0.25) is 0 Å². The minimum atomic E-state index is 0.213. The van der Waals surface area contributed by atoms with Crippen molar-refractivity contribution >= 4 is 0 Å². The van der Waals surface area contributed by atoms with Gasteiger partial charge in [0.05, 0.1) is 12.7 Å². The molecule has 1 unspecified atom stereocenters. The van der Waals surface area contributed by atoms with Crippen molar-refractivity contribution in [2.75, 3.05) is 85.7 Å². The van der Waals surface area contributed by atoms with Crippen LogP contribution >= 0.6 is 0 Å². The Balaban J connectivity index is 0.000000339. The number of nitrogens with two attached hydrogens (primary N) is 4. The lowest BCUT2D eigenvalue weighted by Gasteiger charge is -2.54. The molecule has 2 heterocycles. The van der Waals surface area contributed by atoms with Crippen LogP contribution in [0, 0.1) is 29.6 Å². The molecular weight excluding hydrogens is 661 g/mol. The molecule has 316 valence electrons. The number of aliphatic hydroxyl groups excluding tert-OH is 1. The predicted octanol–water partition coefficient (Wildman–Crippen LogP) is 5.03. The van der Waals surface area contributed by atoms with Crippen LogP contribution in [0.4, 0.5) is 0 Å². The number of aliphatic hydroxyl groups is 1. The summed E-state index contributed by atoms with van der Waals surface area (Å²) in [4.78, 5) is 0. The molecular formula is C43H92N8O2. The number of nitrogens with one attached hydrogen (secondary N) is 4. The van der Waals surface area contributed by atoms with Gasteiger partial charge in [-0.05, 0) is 192 Å². The second-order valence-electron chi connectivity index (χ2n) is 16.2. The Labute approximate surface area is 328 Å². The molecule has 4 bridgehead atoms. The van der Waals surface area contributed by atoms with Gasteiger partial charge in [-0.1, -0.05) is 44.8 Å². The molecule has 0 radical (unpaired) electrons. The number of piperidine rings is 1. The van der Waals surface area contributed by atoms with Gasteiger partial charge in [-0.15, -0.1) is 0 Å². The van der Waals surface area contributed by atoms with Crippen LogP contribution in [0.3, 0.4) is 0 Å². The smallest absolute Gasteiger partial charge is 0.0576 e. The van der Waals surface area contributed by atoms with Crippen LogP contribution in [0.15, 0.2) is 12.2 Å². The van der Waals surface area contributed by atoms with Crippen molar-refractivity contribution in [1.29, 1.82) is 0 Å². The lowest BCUT2D eigenvalue weighted by atomic mass is 9.51. The molecule has 0 amide bonds. The van der Waals surface area contributed by atoms with Gasteiger partial charge in [0.2, 0.25) is 0 Å². The highest BCUT2D eigenvalue weighted by Crippen LogP contribution is 2.57. The van der Waals surface area contributed by atoms with Crippen LogP contribution in [0.5, 0.6) is 0 Å². The number of hydrogen-bond donors (Lipinski definition) is 9. The van der Waals surface area contributed by atoms with Gasteiger partial charge in [0.1, 0.15) is 0 Å². The molecule has 53 heavy (non-hydrogen) atoms. The van der Waals surface area contributed by atoms with Gasteiger partial charge in [0, 0.05) is 25.7 Å². The van der Waals surface area contributed by atoms with Crippen molar-refractivity contribution in [3.05, 3.63) is 12.2 Å². The van der Waals surface area contributed by atoms with E-state index < -0.39 is 0 Å². The first-order valence-corrected chi connectivity index (χ1v) is 22.5. The monoisotopic (exact) mass is 753 g/mol. The highest BCUT2D eigenvalue weighted by molar-refractivity contribution is 4.97. The van der Waals surface area contributed by atoms with Crippen LogP contribution in [-0.2, 0) is 4.74 Å². The molecule has 2 saturated heterocycles. The quantitative estimate of drug-likeness (QED) is 0.0538. The largest absolute Gasteiger partial charge is 0.395 e. The Bertz CT molecular complexity index is 745. The summed E-state index contributed by atoms with van der Waals surface area (Å²) in [6, 6.07) is 0.774. The van der Waals surface area contributed by atoms with Crippen molar-refractivity contribution < 1.29 is 9.84 Å². The third-order valence-electron chi connectivity index (χ3n) is 11.7. The van der Waals surface area contributed by atoms with E-state index in [4.69, 9.17) is 32.8 Å². The van der Waals surface area contributed by atoms with E-state index in [1.54, 1.807) is 32.1 Å². The minimum Gasteiger partial charge on any atom is -0.395 e. The first-order valence-electron chi connectivity index (χ1n) is 22.5. The first-order chi connectivity index (χ1) is 26.1. The second kappa shape index (κ2) is 36.9. The average Bonchev–Trinajstić information content (AvgIpc) is 3.71. The summed E-state index contributed by atoms with van der Waals surface area (Å²) >= 11 is 0. The summed E-state index contributed by atoms with van der Waals surface area (Å²) in [6.45, 7) is 12.6. The van der Waals surface area contributed by atoms with Crippen molar-refractivity contribution in [1.82, 2.24) is 21.3 Å². The van der Waals surface area contributed by atoms with Crippen molar-refractivity contribution in [2.24, 2.45) is 52.5 Å². The van der Waals surface area contributed by atoms with Gasteiger partial charge < -0.3 is 54.0 Å². The lowest BCUT2D eigenvalue weighted by Crippen LogP contribution is -2.44. The Hall–Kier alpha value is -0.660. The van der Waals surface area contributed by atoms with Gasteiger partial charge in [0.25, 0.3) is 0 Å². The summed E-state index contributed by atoms with van der Waals surface area (Å²) in [5, 5.41) is 21.1. The normalized spacial score (nSPS) is 25.8. The number of allylic oxidation sites excluding steroid dienone is 1. The molecule has 10 heteroatoms. The fourth-order valence-electron chi connectivity index (χ4n) is 8.92. The maximum atomic E-state index is 8.27. The summed E-state index contributed by atoms with van der Waals surface area (Å²) < 4.78 is 5.50. The summed E-state index contributed by atoms with van der Waals surface area (Å²) in [5.41, 5.74) is 21.5. The zero-order valence-corrected chi connectivity index (χ0v) is 35.0. The van der Waals surface area contributed by atoms with Gasteiger partial charge in [-0.25, -0.2) is 0 Å². The highest BCUT2D eigenvalue weighted by atomic mass is 16.5. The summed E-state index contributed by atoms with van der Waals surface area (Å²) in [5.74, 6) is 5.62. The Morgan fingerprint density at radius 2 is 1.30 bits per heavy atom. The van der Waals surface area contributed by atoms with Crippen LogP contribution in [0.1, 0.15) is 135 Å². The third-order valence-corrected chi connectivity index (χ3v) is 11.7. The summed E-state index contributed by atoms with van der Waals surface area (Å²) in [7, 11) is 2.04. The molecule has 0 aromatic heterocycles. The van der Waals surface area contributed by atoms with E-state index >= 15 is 0 Å². The fraction of sp³-hybridized carbons (Fsp3) is 0.953. The van der Waals surface area contributed by atoms with E-state index in [-0.39, 0.29) is 6.61 Å². The molecule has 1 atom stereocenters. The van der Waals surface area contributed by atoms with E-state index in [2.05, 4.69) is 40.3 Å². The van der Waals surface area contributed by atoms with Gasteiger partial charge in [0.15, 0.2) is 0 Å². The molecule has 6 rings (SSSR count). The first kappa shape index (κ1) is 50.4. The Morgan fingerprint density at radius 3 is 1.83 bits per heavy atom. The molecule has 4 aliphatic carbocycles. The average molecular weight is 753 g/mol. The maximum absolute atomic E-state index is 8.27. The number of rotatable bonds is 22. The molecule has 6 aliphatic rings. The topological polar surface area (TPSA) is 182 Å². The van der Waals surface area contributed by atoms with Crippen LogP contribution in [0.2, 0.25) is 0 Å². The minimum absolute atomic E-state index is 0.213.